The van der Waals surface area contributed by atoms with Gasteiger partial charge in [0.2, 0.25) is 5.91 Å². The minimum absolute atomic E-state index is 0.0323. The van der Waals surface area contributed by atoms with Gasteiger partial charge >= 0.3 is 5.97 Å². The SMILES string of the molecule is Cn1cc(C2CC2C(=O)N2[C@@H]3CC[C@H]2[C@H](C(=O)O)C3)cn1. The first kappa shape index (κ1) is 12.9. The monoisotopic (exact) mass is 289 g/mol. The number of carbonyl (C=O) groups excluding carboxylic acids is 1. The maximum Gasteiger partial charge on any atom is 0.308 e. The predicted octanol–water partition coefficient (Wildman–Crippen LogP) is 0.988. The van der Waals surface area contributed by atoms with Gasteiger partial charge in [-0.3, -0.25) is 14.3 Å². The Hall–Kier alpha value is -1.85. The summed E-state index contributed by atoms with van der Waals surface area (Å²) in [5.74, 6) is -0.637. The number of carbonyl (C=O) groups is 2. The summed E-state index contributed by atoms with van der Waals surface area (Å²) in [5.41, 5.74) is 1.12. The number of hydrogen-bond acceptors (Lipinski definition) is 3. The molecule has 3 heterocycles. The van der Waals surface area contributed by atoms with Crippen LogP contribution in [-0.4, -0.2) is 43.7 Å². The molecule has 1 aromatic rings. The molecule has 2 saturated heterocycles. The third-order valence-electron chi connectivity index (χ3n) is 5.37. The number of hydrogen-bond donors (Lipinski definition) is 1. The average molecular weight is 289 g/mol. The molecule has 6 heteroatoms. The maximum absolute atomic E-state index is 12.7. The summed E-state index contributed by atoms with van der Waals surface area (Å²) in [6, 6.07) is 0.0777. The number of carboxylic acids is 1. The smallest absolute Gasteiger partial charge is 0.308 e. The van der Waals surface area contributed by atoms with Gasteiger partial charge in [-0.2, -0.15) is 5.10 Å². The van der Waals surface area contributed by atoms with Crippen molar-refractivity contribution in [2.75, 3.05) is 0 Å². The van der Waals surface area contributed by atoms with Crippen LogP contribution in [-0.2, 0) is 16.6 Å². The van der Waals surface area contributed by atoms with Crippen molar-refractivity contribution >= 4 is 11.9 Å². The third kappa shape index (κ3) is 1.88. The van der Waals surface area contributed by atoms with Gasteiger partial charge < -0.3 is 10.0 Å². The molecule has 0 radical (unpaired) electrons. The molecule has 112 valence electrons. The molecule has 1 N–H and O–H groups in total. The Balaban J connectivity index is 1.49. The first-order valence-electron chi connectivity index (χ1n) is 7.60. The second kappa shape index (κ2) is 4.32. The molecule has 2 bridgehead atoms. The summed E-state index contributed by atoms with van der Waals surface area (Å²) in [5, 5.41) is 13.4. The van der Waals surface area contributed by atoms with E-state index in [2.05, 4.69) is 5.10 Å². The van der Waals surface area contributed by atoms with Crippen molar-refractivity contribution in [3.8, 4) is 0 Å². The van der Waals surface area contributed by atoms with Crippen LogP contribution >= 0.6 is 0 Å². The molecule has 21 heavy (non-hydrogen) atoms. The fraction of sp³-hybridized carbons (Fsp3) is 0.667. The van der Waals surface area contributed by atoms with Gasteiger partial charge in [0.1, 0.15) is 0 Å². The Labute approximate surface area is 122 Å². The number of nitrogens with zero attached hydrogens (tertiary/aromatic N) is 3. The molecule has 0 aromatic carbocycles. The van der Waals surface area contributed by atoms with Crippen LogP contribution in [0.25, 0.3) is 0 Å². The lowest BCUT2D eigenvalue weighted by Gasteiger charge is -2.23. The van der Waals surface area contributed by atoms with Gasteiger partial charge in [-0.25, -0.2) is 0 Å². The molecule has 4 rings (SSSR count). The molecule has 1 aromatic heterocycles. The van der Waals surface area contributed by atoms with Crippen molar-refractivity contribution in [3.05, 3.63) is 18.0 Å². The van der Waals surface area contributed by atoms with Gasteiger partial charge in [-0.1, -0.05) is 0 Å². The van der Waals surface area contributed by atoms with E-state index in [0.717, 1.165) is 24.8 Å². The van der Waals surface area contributed by atoms with E-state index in [-0.39, 0.29) is 35.7 Å². The average Bonchev–Trinajstić information content (AvgIpc) is 2.80. The standard InChI is InChI=1S/C15H19N3O3/c1-17-7-8(6-16-17)10-5-11(10)14(19)18-9-2-3-13(18)12(4-9)15(20)21/h6-7,9-13H,2-5H2,1H3,(H,20,21)/t9-,10?,11?,12-,13+/m1/s1. The van der Waals surface area contributed by atoms with E-state index >= 15 is 0 Å². The van der Waals surface area contributed by atoms with Gasteiger partial charge in [-0.05, 0) is 37.2 Å². The largest absolute Gasteiger partial charge is 0.481 e. The number of aromatic nitrogens is 2. The molecule has 3 aliphatic rings. The lowest BCUT2D eigenvalue weighted by Crippen LogP contribution is -2.39. The highest BCUT2D eigenvalue weighted by Crippen LogP contribution is 2.51. The number of carboxylic acid groups (broad SMARTS) is 1. The molecular weight excluding hydrogens is 270 g/mol. The van der Waals surface area contributed by atoms with Gasteiger partial charge in [-0.15, -0.1) is 0 Å². The predicted molar refractivity (Wildman–Crippen MR) is 73.5 cm³/mol. The zero-order chi connectivity index (χ0) is 14.7. The van der Waals surface area contributed by atoms with Crippen molar-refractivity contribution in [1.82, 2.24) is 14.7 Å². The van der Waals surface area contributed by atoms with Crippen molar-refractivity contribution < 1.29 is 14.7 Å². The Morgan fingerprint density at radius 2 is 2.10 bits per heavy atom. The molecule has 1 saturated carbocycles. The van der Waals surface area contributed by atoms with Crippen molar-refractivity contribution in [1.29, 1.82) is 0 Å². The Kier molecular flexibility index (Phi) is 2.65. The quantitative estimate of drug-likeness (QED) is 0.900. The highest BCUT2D eigenvalue weighted by atomic mass is 16.4. The summed E-state index contributed by atoms with van der Waals surface area (Å²) >= 11 is 0. The lowest BCUT2D eigenvalue weighted by atomic mass is 9.89. The normalized spacial score (nSPS) is 37.0. The van der Waals surface area contributed by atoms with Crippen LogP contribution < -0.4 is 0 Å². The van der Waals surface area contributed by atoms with Gasteiger partial charge in [0.25, 0.3) is 0 Å². The molecule has 1 aliphatic carbocycles. The molecule has 3 fully saturated rings. The van der Waals surface area contributed by atoms with E-state index in [0.29, 0.717) is 6.42 Å². The second-order valence-electron chi connectivity index (χ2n) is 6.62. The highest BCUT2D eigenvalue weighted by molar-refractivity contribution is 5.85. The molecular formula is C15H19N3O3. The molecule has 2 aliphatic heterocycles. The van der Waals surface area contributed by atoms with E-state index in [1.54, 1.807) is 4.68 Å². The van der Waals surface area contributed by atoms with Gasteiger partial charge in [0.05, 0.1) is 12.1 Å². The first-order chi connectivity index (χ1) is 10.1. The molecule has 2 unspecified atom stereocenters. The summed E-state index contributed by atoms with van der Waals surface area (Å²) in [6.45, 7) is 0. The minimum atomic E-state index is -0.750. The van der Waals surface area contributed by atoms with Crippen LogP contribution in [0.5, 0.6) is 0 Å². The highest BCUT2D eigenvalue weighted by Gasteiger charge is 2.56. The molecule has 6 nitrogen and oxygen atoms in total. The zero-order valence-corrected chi connectivity index (χ0v) is 12.0. The summed E-state index contributed by atoms with van der Waals surface area (Å²) in [4.78, 5) is 25.9. The number of aliphatic carboxylic acids is 1. The van der Waals surface area contributed by atoms with Crippen LogP contribution in [0, 0.1) is 11.8 Å². The van der Waals surface area contributed by atoms with Crippen molar-refractivity contribution in [2.24, 2.45) is 18.9 Å². The lowest BCUT2D eigenvalue weighted by molar-refractivity contribution is -0.143. The minimum Gasteiger partial charge on any atom is -0.481 e. The van der Waals surface area contributed by atoms with Gasteiger partial charge in [0.15, 0.2) is 0 Å². The first-order valence-corrected chi connectivity index (χ1v) is 7.60. The van der Waals surface area contributed by atoms with E-state index in [1.807, 2.05) is 24.3 Å². The summed E-state index contributed by atoms with van der Waals surface area (Å²) in [7, 11) is 1.88. The van der Waals surface area contributed by atoms with Crippen LogP contribution in [0.4, 0.5) is 0 Å². The third-order valence-corrected chi connectivity index (χ3v) is 5.37. The van der Waals surface area contributed by atoms with Crippen LogP contribution in [0.3, 0.4) is 0 Å². The fourth-order valence-corrected chi connectivity index (χ4v) is 4.26. The molecule has 5 atom stereocenters. The Morgan fingerprint density at radius 1 is 1.29 bits per heavy atom. The number of amides is 1. The molecule has 0 spiro atoms. The number of fused-ring (bicyclic) bond motifs is 2. The number of rotatable bonds is 3. The van der Waals surface area contributed by atoms with E-state index in [1.165, 1.54) is 0 Å². The molecule has 1 amide bonds. The van der Waals surface area contributed by atoms with Crippen LogP contribution in [0.1, 0.15) is 37.2 Å². The Bertz CT molecular complexity index is 611. The van der Waals surface area contributed by atoms with E-state index in [4.69, 9.17) is 0 Å². The van der Waals surface area contributed by atoms with E-state index in [9.17, 15) is 14.7 Å². The fourth-order valence-electron chi connectivity index (χ4n) is 4.26. The summed E-state index contributed by atoms with van der Waals surface area (Å²) < 4.78 is 1.76. The Morgan fingerprint density at radius 3 is 2.71 bits per heavy atom. The van der Waals surface area contributed by atoms with Crippen molar-refractivity contribution in [2.45, 2.75) is 43.7 Å². The van der Waals surface area contributed by atoms with Crippen molar-refractivity contribution in [3.63, 3.8) is 0 Å². The van der Waals surface area contributed by atoms with Crippen LogP contribution in [0.15, 0.2) is 12.4 Å². The zero-order valence-electron chi connectivity index (χ0n) is 12.0. The topological polar surface area (TPSA) is 75.4 Å². The summed E-state index contributed by atoms with van der Waals surface area (Å²) in [6.07, 6.45) is 7.11. The van der Waals surface area contributed by atoms with Gasteiger partial charge in [0, 0.05) is 31.2 Å². The maximum atomic E-state index is 12.7. The number of aryl methyl sites for hydroxylation is 1. The second-order valence-corrected chi connectivity index (χ2v) is 6.62. The van der Waals surface area contributed by atoms with E-state index < -0.39 is 5.97 Å². The van der Waals surface area contributed by atoms with Crippen LogP contribution in [0.2, 0.25) is 0 Å².